The summed E-state index contributed by atoms with van der Waals surface area (Å²) < 4.78 is 20.4. The first-order valence-corrected chi connectivity index (χ1v) is 24.9. The zero-order valence-corrected chi connectivity index (χ0v) is 39.2. The first-order chi connectivity index (χ1) is 33.4. The number of likely N-dealkylation sites (tertiary alicyclic amines) is 2. The van der Waals surface area contributed by atoms with Gasteiger partial charge in [0.1, 0.15) is 23.7 Å². The monoisotopic (exact) mass is 940 g/mol. The number of imide groups is 2. The number of piperazine rings is 1. The molecule has 0 spiro atoms. The van der Waals surface area contributed by atoms with E-state index in [9.17, 15) is 33.2 Å². The number of hydrogen-bond donors (Lipinski definition) is 2. The summed E-state index contributed by atoms with van der Waals surface area (Å²) in [6.07, 6.45) is 9.31. The molecular weight excluding hydrogens is 880 g/mol. The van der Waals surface area contributed by atoms with E-state index < -0.39 is 29.7 Å². The van der Waals surface area contributed by atoms with Crippen molar-refractivity contribution in [1.29, 1.82) is 0 Å². The van der Waals surface area contributed by atoms with Gasteiger partial charge < -0.3 is 19.9 Å². The Morgan fingerprint density at radius 1 is 0.783 bits per heavy atom. The molecule has 1 unspecified atom stereocenters. The van der Waals surface area contributed by atoms with Gasteiger partial charge in [-0.25, -0.2) is 4.39 Å². The van der Waals surface area contributed by atoms with Crippen LogP contribution in [0.4, 0.5) is 15.8 Å². The van der Waals surface area contributed by atoms with Crippen molar-refractivity contribution in [2.45, 2.75) is 95.2 Å². The second kappa shape index (κ2) is 20.0. The van der Waals surface area contributed by atoms with Crippen LogP contribution in [0.1, 0.15) is 103 Å². The summed E-state index contributed by atoms with van der Waals surface area (Å²) in [6.45, 7) is 8.77. The number of anilines is 2. The van der Waals surface area contributed by atoms with Crippen LogP contribution in [0.25, 0.3) is 10.9 Å². The first kappa shape index (κ1) is 46.5. The van der Waals surface area contributed by atoms with Gasteiger partial charge in [-0.3, -0.25) is 53.8 Å². The van der Waals surface area contributed by atoms with Crippen molar-refractivity contribution >= 4 is 57.7 Å². The maximum absolute atomic E-state index is 14.1. The van der Waals surface area contributed by atoms with E-state index in [1.54, 1.807) is 30.5 Å². The van der Waals surface area contributed by atoms with Crippen LogP contribution in [-0.4, -0.2) is 137 Å². The number of piperidine rings is 3. The van der Waals surface area contributed by atoms with E-state index >= 15 is 0 Å². The number of hydrogen-bond acceptors (Lipinski definition) is 11. The summed E-state index contributed by atoms with van der Waals surface area (Å²) in [5.41, 5.74) is 4.14. The maximum atomic E-state index is 14.1. The van der Waals surface area contributed by atoms with E-state index in [0.29, 0.717) is 37.2 Å². The maximum Gasteiger partial charge on any atom is 0.262 e. The van der Waals surface area contributed by atoms with Crippen molar-refractivity contribution in [1.82, 2.24) is 29.9 Å². The van der Waals surface area contributed by atoms with Gasteiger partial charge in [-0.15, -0.1) is 0 Å². The highest BCUT2D eigenvalue weighted by atomic mass is 19.1. The molecule has 10 rings (SSSR count). The van der Waals surface area contributed by atoms with Gasteiger partial charge in [0.2, 0.25) is 23.6 Å². The molecule has 0 radical (unpaired) electrons. The minimum Gasteiger partial charge on any atom is -0.490 e. The number of carbonyl (C=O) groups is 6. The predicted octanol–water partition coefficient (Wildman–Crippen LogP) is 5.98. The number of nitrogens with zero attached hydrogens (tertiary/aromatic N) is 6. The van der Waals surface area contributed by atoms with Crippen molar-refractivity contribution in [2.75, 3.05) is 69.1 Å². The van der Waals surface area contributed by atoms with Crippen molar-refractivity contribution < 1.29 is 37.9 Å². The third-order valence-electron chi connectivity index (χ3n) is 15.8. The van der Waals surface area contributed by atoms with Crippen molar-refractivity contribution in [3.8, 4) is 5.75 Å². The lowest BCUT2D eigenvalue weighted by Gasteiger charge is -2.43. The second-order valence-corrected chi connectivity index (χ2v) is 19.9. The standard InChI is InChI=1S/C53H61FN8O7/c1-33(34-2-4-35(5-3-34)42-16-21-55-46-13-6-36(54)30-44(42)46)50(65)56-37-7-10-40(11-8-37)69-41-19-24-61(25-20-41)49(64)32-58-22-17-38(18-23-58)59-26-28-60(29-27-59)39-9-12-43-45(31-39)53(68)62(52(43)67)47-14-15-48(63)57-51(47)66/h6-13,16,21,30-31,33-35,38,41,47H,2-5,14-15,17-20,22-29,32H2,1H3,(H,56,65)(H,57,63,66)/t33-,34-,35+,47?/m1/s1. The van der Waals surface area contributed by atoms with E-state index in [0.717, 1.165) is 129 Å². The number of benzene rings is 3. The SMILES string of the molecule is C[C@@H](C(=O)Nc1ccc(OC2CCN(C(=O)CN3CCC(N4CCN(c5ccc6c(c5)C(=O)N(C5CCC(=O)NC5=O)C6=O)CC4)CC3)CC2)cc1)[C@H]1CC[C@@H](c2ccnc3ccc(F)cc32)CC1. The lowest BCUT2D eigenvalue weighted by molar-refractivity contribution is -0.136. The van der Waals surface area contributed by atoms with E-state index in [1.165, 1.54) is 6.07 Å². The quantitative estimate of drug-likeness (QED) is 0.170. The minimum atomic E-state index is -0.984. The molecule has 5 fully saturated rings. The number of aromatic nitrogens is 1. The van der Waals surface area contributed by atoms with Crippen LogP contribution >= 0.6 is 0 Å². The number of nitrogens with one attached hydrogen (secondary N) is 2. The van der Waals surface area contributed by atoms with Gasteiger partial charge in [0.05, 0.1) is 23.2 Å². The molecule has 16 heteroatoms. The molecule has 5 aliphatic heterocycles. The average Bonchev–Trinajstić information content (AvgIpc) is 3.62. The van der Waals surface area contributed by atoms with Crippen LogP contribution in [0.3, 0.4) is 0 Å². The molecule has 1 aromatic heterocycles. The van der Waals surface area contributed by atoms with E-state index in [4.69, 9.17) is 4.74 Å². The van der Waals surface area contributed by atoms with Crippen LogP contribution in [0.2, 0.25) is 0 Å². The number of halogens is 1. The Kier molecular flexibility index (Phi) is 13.5. The van der Waals surface area contributed by atoms with Crippen LogP contribution in [0.15, 0.2) is 72.9 Å². The van der Waals surface area contributed by atoms with Gasteiger partial charge in [0.25, 0.3) is 11.8 Å². The lowest BCUT2D eigenvalue weighted by Crippen LogP contribution is -2.54. The number of pyridine rings is 1. The van der Waals surface area contributed by atoms with E-state index in [1.807, 2.05) is 48.2 Å². The molecule has 2 atom stereocenters. The van der Waals surface area contributed by atoms with Gasteiger partial charge >= 0.3 is 0 Å². The number of carbonyl (C=O) groups excluding carboxylic acids is 6. The topological polar surface area (TPSA) is 165 Å². The van der Waals surface area contributed by atoms with Crippen LogP contribution in [0.5, 0.6) is 5.75 Å². The first-order valence-electron chi connectivity index (χ1n) is 24.9. The zero-order valence-electron chi connectivity index (χ0n) is 39.2. The van der Waals surface area contributed by atoms with Gasteiger partial charge in [-0.1, -0.05) is 6.92 Å². The van der Waals surface area contributed by atoms with Crippen LogP contribution < -0.4 is 20.3 Å². The number of fused-ring (bicyclic) bond motifs is 2. The van der Waals surface area contributed by atoms with Crippen molar-refractivity contribution in [2.24, 2.45) is 11.8 Å². The molecule has 3 aromatic carbocycles. The smallest absolute Gasteiger partial charge is 0.262 e. The third kappa shape index (κ3) is 9.96. The number of ether oxygens (including phenoxy) is 1. The van der Waals surface area contributed by atoms with Crippen LogP contribution in [0, 0.1) is 17.7 Å². The summed E-state index contributed by atoms with van der Waals surface area (Å²) in [7, 11) is 0. The summed E-state index contributed by atoms with van der Waals surface area (Å²) in [5.74, 6) is -0.868. The highest BCUT2D eigenvalue weighted by Gasteiger charge is 2.45. The average molecular weight is 941 g/mol. The minimum absolute atomic E-state index is 0.00903. The van der Waals surface area contributed by atoms with E-state index in [2.05, 4.69) is 30.3 Å². The molecule has 362 valence electrons. The van der Waals surface area contributed by atoms with Gasteiger partial charge in [0, 0.05) is 107 Å². The molecule has 15 nitrogen and oxygen atoms in total. The lowest BCUT2D eigenvalue weighted by atomic mass is 9.73. The fourth-order valence-electron chi connectivity index (χ4n) is 11.7. The fraction of sp³-hybridized carbons (Fsp3) is 0.491. The molecule has 6 heterocycles. The Morgan fingerprint density at radius 3 is 2.23 bits per heavy atom. The van der Waals surface area contributed by atoms with Crippen molar-refractivity contribution in [3.63, 3.8) is 0 Å². The molecule has 2 N–H and O–H groups in total. The summed E-state index contributed by atoms with van der Waals surface area (Å²) in [4.78, 5) is 91.9. The molecule has 1 aliphatic carbocycles. The van der Waals surface area contributed by atoms with E-state index in [-0.39, 0.29) is 54.0 Å². The van der Waals surface area contributed by atoms with Crippen LogP contribution in [-0.2, 0) is 19.2 Å². The number of rotatable bonds is 11. The molecule has 6 amide bonds. The second-order valence-electron chi connectivity index (χ2n) is 19.9. The predicted molar refractivity (Wildman–Crippen MR) is 257 cm³/mol. The fourth-order valence-corrected chi connectivity index (χ4v) is 11.7. The highest BCUT2D eigenvalue weighted by Crippen LogP contribution is 2.41. The zero-order chi connectivity index (χ0) is 47.8. The van der Waals surface area contributed by atoms with Gasteiger partial charge in [-0.05, 0) is 129 Å². The molecule has 4 saturated heterocycles. The Hall–Kier alpha value is -6.26. The summed E-state index contributed by atoms with van der Waals surface area (Å²) >= 11 is 0. The Bertz CT molecular complexity index is 2610. The Labute approximate surface area is 401 Å². The largest absolute Gasteiger partial charge is 0.490 e. The Morgan fingerprint density at radius 2 is 1.51 bits per heavy atom. The van der Waals surface area contributed by atoms with Crippen molar-refractivity contribution in [3.05, 3.63) is 95.4 Å². The number of amides is 6. The Balaban J connectivity index is 0.614. The van der Waals surface area contributed by atoms with Gasteiger partial charge in [-0.2, -0.15) is 0 Å². The molecule has 0 bridgehead atoms. The highest BCUT2D eigenvalue weighted by molar-refractivity contribution is 6.23. The molecule has 69 heavy (non-hydrogen) atoms. The summed E-state index contributed by atoms with van der Waals surface area (Å²) in [5, 5.41) is 6.24. The third-order valence-corrected chi connectivity index (χ3v) is 15.8. The molecule has 1 saturated carbocycles. The molecule has 4 aromatic rings. The summed E-state index contributed by atoms with van der Waals surface area (Å²) in [6, 6.07) is 19.1. The normalized spacial score (nSPS) is 23.8. The van der Waals surface area contributed by atoms with Gasteiger partial charge in [0.15, 0.2) is 0 Å². The molecular formula is C53H61FN8O7. The molecule has 6 aliphatic rings.